The average Bonchev–Trinajstić information content (AvgIpc) is 3.10. The summed E-state index contributed by atoms with van der Waals surface area (Å²) in [5.74, 6) is -0.945. The Kier molecular flexibility index (Phi) is 4.60. The fourth-order valence-electron chi connectivity index (χ4n) is 2.89. The van der Waals surface area contributed by atoms with Gasteiger partial charge in [0.15, 0.2) is 0 Å². The molecule has 0 bridgehead atoms. The summed E-state index contributed by atoms with van der Waals surface area (Å²) in [6.45, 7) is 0.0465. The zero-order valence-electron chi connectivity index (χ0n) is 13.8. The molecule has 0 fully saturated rings. The minimum Gasteiger partial charge on any atom is -0.480 e. The van der Waals surface area contributed by atoms with E-state index in [1.807, 2.05) is 6.08 Å². The summed E-state index contributed by atoms with van der Waals surface area (Å²) in [7, 11) is 1.54. The highest BCUT2D eigenvalue weighted by Crippen LogP contribution is 2.35. The summed E-state index contributed by atoms with van der Waals surface area (Å²) in [6, 6.07) is 3.55. The summed E-state index contributed by atoms with van der Waals surface area (Å²) in [5.41, 5.74) is -0.721. The molecule has 2 aromatic rings. The number of pyridine rings is 1. The molecule has 0 aromatic carbocycles. The highest BCUT2D eigenvalue weighted by Gasteiger charge is 2.47. The van der Waals surface area contributed by atoms with E-state index < -0.39 is 17.3 Å². The highest BCUT2D eigenvalue weighted by atomic mass is 16.5. The van der Waals surface area contributed by atoms with Crippen molar-refractivity contribution in [3.05, 3.63) is 42.6 Å². The molecule has 2 heterocycles. The summed E-state index contributed by atoms with van der Waals surface area (Å²) >= 11 is 0. The first-order valence-electron chi connectivity index (χ1n) is 7.90. The van der Waals surface area contributed by atoms with Gasteiger partial charge in [0, 0.05) is 25.0 Å². The zero-order valence-corrected chi connectivity index (χ0v) is 13.8. The summed E-state index contributed by atoms with van der Waals surface area (Å²) < 4.78 is 5.18. The van der Waals surface area contributed by atoms with Crippen molar-refractivity contribution in [3.8, 4) is 11.4 Å². The quantitative estimate of drug-likeness (QED) is 0.653. The molecule has 1 N–H and O–H groups in total. The first kappa shape index (κ1) is 16.8. The molecule has 1 amide bonds. The number of carbonyl (C=O) groups is 2. The van der Waals surface area contributed by atoms with E-state index in [9.17, 15) is 14.7 Å². The van der Waals surface area contributed by atoms with Crippen molar-refractivity contribution >= 4 is 11.9 Å². The van der Waals surface area contributed by atoms with Gasteiger partial charge in [-0.25, -0.2) is 0 Å². The zero-order chi connectivity index (χ0) is 17.9. The lowest BCUT2D eigenvalue weighted by Gasteiger charge is -2.32. The topological polar surface area (TPSA) is 109 Å². The van der Waals surface area contributed by atoms with E-state index >= 15 is 0 Å². The second-order valence-corrected chi connectivity index (χ2v) is 6.02. The number of carbonyl (C=O) groups excluding carboxylic acids is 1. The predicted molar refractivity (Wildman–Crippen MR) is 87.1 cm³/mol. The molecule has 8 heteroatoms. The Labute approximate surface area is 144 Å². The maximum absolute atomic E-state index is 12.8. The number of aliphatic carboxylic acids is 1. The minimum absolute atomic E-state index is 0.0465. The largest absolute Gasteiger partial charge is 0.480 e. The van der Waals surface area contributed by atoms with Crippen LogP contribution in [0.1, 0.15) is 25.2 Å². The molecule has 3 rings (SSSR count). The standard InChI is InChI=1S/C17H18N4O4/c1-21(15(22)17(16(23)24)7-3-2-4-8-17)11-13-19-14(20-25-13)12-6-5-9-18-10-12/h2-3,5-6,9-10H,4,7-8,11H2,1H3,(H,23,24). The fourth-order valence-corrected chi connectivity index (χ4v) is 2.89. The molecule has 0 aliphatic heterocycles. The average molecular weight is 342 g/mol. The number of amides is 1. The van der Waals surface area contributed by atoms with Crippen LogP contribution in [0, 0.1) is 5.41 Å². The molecule has 1 unspecified atom stereocenters. The maximum atomic E-state index is 12.8. The Hall–Kier alpha value is -3.03. The smallest absolute Gasteiger partial charge is 0.319 e. The molecule has 1 aliphatic carbocycles. The van der Waals surface area contributed by atoms with Gasteiger partial charge in [-0.15, -0.1) is 0 Å². The first-order valence-corrected chi connectivity index (χ1v) is 7.90. The third-order valence-electron chi connectivity index (χ3n) is 4.30. The summed E-state index contributed by atoms with van der Waals surface area (Å²) in [6.07, 6.45) is 7.93. The van der Waals surface area contributed by atoms with Crippen molar-refractivity contribution < 1.29 is 19.2 Å². The monoisotopic (exact) mass is 342 g/mol. The lowest BCUT2D eigenvalue weighted by atomic mass is 9.76. The van der Waals surface area contributed by atoms with Crippen LogP contribution in [0.2, 0.25) is 0 Å². The summed E-state index contributed by atoms with van der Waals surface area (Å²) in [5, 5.41) is 13.5. The minimum atomic E-state index is -1.42. The van der Waals surface area contributed by atoms with Crippen LogP contribution in [0.15, 0.2) is 41.2 Å². The van der Waals surface area contributed by atoms with Crippen LogP contribution in [0.5, 0.6) is 0 Å². The molecular weight excluding hydrogens is 324 g/mol. The second-order valence-electron chi connectivity index (χ2n) is 6.02. The molecule has 0 saturated carbocycles. The molecule has 0 radical (unpaired) electrons. The Bertz CT molecular complexity index is 802. The van der Waals surface area contributed by atoms with Crippen molar-refractivity contribution in [2.75, 3.05) is 7.05 Å². The van der Waals surface area contributed by atoms with Crippen molar-refractivity contribution in [3.63, 3.8) is 0 Å². The van der Waals surface area contributed by atoms with Crippen LogP contribution >= 0.6 is 0 Å². The number of hydrogen-bond acceptors (Lipinski definition) is 6. The number of aromatic nitrogens is 3. The third kappa shape index (κ3) is 3.28. The summed E-state index contributed by atoms with van der Waals surface area (Å²) in [4.78, 5) is 34.0. The van der Waals surface area contributed by atoms with Gasteiger partial charge in [-0.1, -0.05) is 17.3 Å². The normalized spacial score (nSPS) is 19.6. The number of carboxylic acids is 1. The van der Waals surface area contributed by atoms with E-state index in [0.717, 1.165) is 0 Å². The van der Waals surface area contributed by atoms with Gasteiger partial charge < -0.3 is 14.5 Å². The fraction of sp³-hybridized carbons (Fsp3) is 0.353. The van der Waals surface area contributed by atoms with Crippen molar-refractivity contribution in [1.29, 1.82) is 0 Å². The molecule has 0 spiro atoms. The van der Waals surface area contributed by atoms with E-state index in [1.165, 1.54) is 4.90 Å². The lowest BCUT2D eigenvalue weighted by Crippen LogP contribution is -2.47. The number of nitrogens with zero attached hydrogens (tertiary/aromatic N) is 4. The van der Waals surface area contributed by atoms with Gasteiger partial charge in [-0.2, -0.15) is 4.98 Å². The van der Waals surface area contributed by atoms with Crippen LogP contribution < -0.4 is 0 Å². The molecular formula is C17H18N4O4. The number of rotatable bonds is 5. The van der Waals surface area contributed by atoms with E-state index in [-0.39, 0.29) is 25.3 Å². The number of carboxylic acid groups (broad SMARTS) is 1. The second kappa shape index (κ2) is 6.84. The Morgan fingerprint density at radius 1 is 1.40 bits per heavy atom. The van der Waals surface area contributed by atoms with Crippen molar-refractivity contribution in [1.82, 2.24) is 20.0 Å². The molecule has 2 aromatic heterocycles. The van der Waals surface area contributed by atoms with Gasteiger partial charge in [-0.3, -0.25) is 14.6 Å². The lowest BCUT2D eigenvalue weighted by molar-refractivity contribution is -0.161. The van der Waals surface area contributed by atoms with Crippen molar-refractivity contribution in [2.45, 2.75) is 25.8 Å². The van der Waals surface area contributed by atoms with Crippen LogP contribution in [0.25, 0.3) is 11.4 Å². The maximum Gasteiger partial charge on any atom is 0.319 e. The third-order valence-corrected chi connectivity index (χ3v) is 4.30. The van der Waals surface area contributed by atoms with E-state index in [0.29, 0.717) is 17.8 Å². The van der Waals surface area contributed by atoms with E-state index in [1.54, 1.807) is 37.7 Å². The van der Waals surface area contributed by atoms with Crippen LogP contribution in [0.4, 0.5) is 0 Å². The number of allylic oxidation sites excluding steroid dienone is 2. The SMILES string of the molecule is CN(Cc1nc(-c2cccnc2)no1)C(=O)C1(C(=O)O)CC=CCC1. The van der Waals surface area contributed by atoms with E-state index in [2.05, 4.69) is 15.1 Å². The number of hydrogen-bond donors (Lipinski definition) is 1. The van der Waals surface area contributed by atoms with Crippen LogP contribution in [-0.2, 0) is 16.1 Å². The van der Waals surface area contributed by atoms with Gasteiger partial charge in [-0.05, 0) is 31.4 Å². The first-order chi connectivity index (χ1) is 12.0. The van der Waals surface area contributed by atoms with Gasteiger partial charge in [0.05, 0.1) is 6.54 Å². The molecule has 130 valence electrons. The molecule has 1 aliphatic rings. The Balaban J connectivity index is 1.74. The molecule has 25 heavy (non-hydrogen) atoms. The van der Waals surface area contributed by atoms with E-state index in [4.69, 9.17) is 4.52 Å². The van der Waals surface area contributed by atoms with Gasteiger partial charge >= 0.3 is 5.97 Å². The Morgan fingerprint density at radius 3 is 2.88 bits per heavy atom. The predicted octanol–water partition coefficient (Wildman–Crippen LogP) is 1.90. The van der Waals surface area contributed by atoms with Gasteiger partial charge in [0.25, 0.3) is 0 Å². The Morgan fingerprint density at radius 2 is 2.24 bits per heavy atom. The highest BCUT2D eigenvalue weighted by molar-refractivity contribution is 6.02. The van der Waals surface area contributed by atoms with Crippen molar-refractivity contribution in [2.24, 2.45) is 5.41 Å². The van der Waals surface area contributed by atoms with Gasteiger partial charge in [0.1, 0.15) is 5.41 Å². The van der Waals surface area contributed by atoms with Crippen LogP contribution in [0.3, 0.4) is 0 Å². The molecule has 1 atom stereocenters. The van der Waals surface area contributed by atoms with Crippen LogP contribution in [-0.4, -0.2) is 44.1 Å². The molecule has 8 nitrogen and oxygen atoms in total. The van der Waals surface area contributed by atoms with Gasteiger partial charge in [0.2, 0.25) is 17.6 Å². The molecule has 0 saturated heterocycles.